The average molecular weight is 763 g/mol. The van der Waals surface area contributed by atoms with Crippen molar-refractivity contribution < 1.29 is 29.6 Å². The van der Waals surface area contributed by atoms with E-state index in [1.807, 2.05) is 36.7 Å². The van der Waals surface area contributed by atoms with Crippen molar-refractivity contribution >= 4 is 17.6 Å². The van der Waals surface area contributed by atoms with E-state index < -0.39 is 18.1 Å². The van der Waals surface area contributed by atoms with Crippen molar-refractivity contribution in [3.05, 3.63) is 123 Å². The molecule has 0 amide bonds. The van der Waals surface area contributed by atoms with Crippen LogP contribution in [0.3, 0.4) is 0 Å². The van der Waals surface area contributed by atoms with Crippen LogP contribution >= 0.6 is 11.6 Å². The second-order valence-electron chi connectivity index (χ2n) is 14.0. The van der Waals surface area contributed by atoms with E-state index in [-0.39, 0.29) is 25.9 Å². The number of β-amino-alcohol motifs (C(OH)–C–C–N with tert-alkyl or cyclic N) is 1. The number of nitrogens with one attached hydrogen (secondary N) is 1. The van der Waals surface area contributed by atoms with Gasteiger partial charge in [-0.1, -0.05) is 48.0 Å². The van der Waals surface area contributed by atoms with E-state index in [1.165, 1.54) is 13.1 Å². The summed E-state index contributed by atoms with van der Waals surface area (Å²) >= 11 is 6.75. The molecule has 1 aliphatic heterocycles. The van der Waals surface area contributed by atoms with Gasteiger partial charge in [-0.3, -0.25) is 20.0 Å². The monoisotopic (exact) mass is 762 g/mol. The van der Waals surface area contributed by atoms with Crippen LogP contribution in [0.25, 0.3) is 22.5 Å². The molecule has 0 bridgehead atoms. The first kappa shape index (κ1) is 39.3. The van der Waals surface area contributed by atoms with Crippen LogP contribution in [-0.4, -0.2) is 72.5 Å². The number of carbonyl (C=O) groups is 1. The van der Waals surface area contributed by atoms with E-state index >= 15 is 0 Å². The van der Waals surface area contributed by atoms with Gasteiger partial charge in [0, 0.05) is 79.3 Å². The molecule has 0 radical (unpaired) electrons. The van der Waals surface area contributed by atoms with E-state index in [0.717, 1.165) is 51.9 Å². The third-order valence-corrected chi connectivity index (χ3v) is 10.2. The number of ether oxygens (including phenoxy) is 2. The van der Waals surface area contributed by atoms with Crippen LogP contribution < -0.4 is 14.8 Å². The molecule has 3 aromatic carbocycles. The molecule has 6 rings (SSSR count). The number of rotatable bonds is 15. The first-order valence-electron chi connectivity index (χ1n) is 17.9. The molecule has 5 aromatic rings. The maximum Gasteiger partial charge on any atom is 0.326 e. The first-order chi connectivity index (χ1) is 26.5. The number of hydrogen-bond acceptors (Lipinski definition) is 11. The van der Waals surface area contributed by atoms with Crippen molar-refractivity contribution in [2.45, 2.75) is 65.1 Å². The van der Waals surface area contributed by atoms with Crippen molar-refractivity contribution in [3.63, 3.8) is 0 Å². The van der Waals surface area contributed by atoms with E-state index in [2.05, 4.69) is 47.3 Å². The lowest BCUT2D eigenvalue weighted by Gasteiger charge is -2.25. The van der Waals surface area contributed by atoms with Gasteiger partial charge in [-0.2, -0.15) is 5.26 Å². The minimum atomic E-state index is -1.60. The van der Waals surface area contributed by atoms with Crippen LogP contribution in [0.5, 0.6) is 11.5 Å². The lowest BCUT2D eigenvalue weighted by molar-refractivity contribution is -0.145. The van der Waals surface area contributed by atoms with Crippen molar-refractivity contribution in [1.29, 1.82) is 5.26 Å². The van der Waals surface area contributed by atoms with Gasteiger partial charge in [0.25, 0.3) is 0 Å². The number of hydrogen-bond donors (Lipinski definition) is 4. The molecule has 55 heavy (non-hydrogen) atoms. The molecule has 12 nitrogen and oxygen atoms in total. The molecule has 4 N–H and O–H groups in total. The highest BCUT2D eigenvalue weighted by Crippen LogP contribution is 2.36. The second kappa shape index (κ2) is 17.4. The van der Waals surface area contributed by atoms with Crippen LogP contribution in [0, 0.1) is 25.2 Å². The summed E-state index contributed by atoms with van der Waals surface area (Å²) in [6.45, 7) is 7.40. The Bertz CT molecular complexity index is 2210. The van der Waals surface area contributed by atoms with Crippen LogP contribution in [0.4, 0.5) is 0 Å². The third-order valence-electron chi connectivity index (χ3n) is 9.94. The molecule has 13 heteroatoms. The van der Waals surface area contributed by atoms with Crippen molar-refractivity contribution in [2.75, 3.05) is 19.7 Å². The molecule has 1 aliphatic rings. The number of likely N-dealkylation sites (tertiary alicyclic amines) is 1. The number of carboxylic acids is 1. The molecule has 3 heterocycles. The predicted molar refractivity (Wildman–Crippen MR) is 207 cm³/mol. The maximum absolute atomic E-state index is 11.8. The summed E-state index contributed by atoms with van der Waals surface area (Å²) in [5.41, 5.74) is 7.05. The highest BCUT2D eigenvalue weighted by atomic mass is 35.5. The number of nitriles is 1. The van der Waals surface area contributed by atoms with E-state index in [1.54, 1.807) is 24.4 Å². The van der Waals surface area contributed by atoms with E-state index in [9.17, 15) is 25.4 Å². The Labute approximate surface area is 325 Å². The zero-order chi connectivity index (χ0) is 39.1. The van der Waals surface area contributed by atoms with Gasteiger partial charge >= 0.3 is 5.97 Å². The van der Waals surface area contributed by atoms with Crippen molar-refractivity contribution in [1.82, 2.24) is 25.2 Å². The van der Waals surface area contributed by atoms with Gasteiger partial charge in [-0.15, -0.1) is 0 Å². The van der Waals surface area contributed by atoms with Crippen LogP contribution in [0.15, 0.2) is 79.4 Å². The van der Waals surface area contributed by atoms with E-state index in [0.29, 0.717) is 52.1 Å². The van der Waals surface area contributed by atoms with Gasteiger partial charge in [0.05, 0.1) is 23.3 Å². The summed E-state index contributed by atoms with van der Waals surface area (Å²) in [6.07, 6.45) is 7.29. The predicted octanol–water partition coefficient (Wildman–Crippen LogP) is 6.00. The largest absolute Gasteiger partial charge is 0.488 e. The van der Waals surface area contributed by atoms with Gasteiger partial charge in [0.2, 0.25) is 0 Å². The minimum absolute atomic E-state index is 0.0214. The van der Waals surface area contributed by atoms with Gasteiger partial charge in [-0.05, 0) is 67.1 Å². The zero-order valence-electron chi connectivity index (χ0n) is 30.9. The number of pyridine rings is 1. The smallest absolute Gasteiger partial charge is 0.326 e. The number of carboxylic acid groups (broad SMARTS) is 1. The fourth-order valence-corrected chi connectivity index (χ4v) is 6.72. The van der Waals surface area contributed by atoms with Gasteiger partial charge < -0.3 is 24.8 Å². The first-order valence-corrected chi connectivity index (χ1v) is 18.3. The molecule has 284 valence electrons. The zero-order valence-corrected chi connectivity index (χ0v) is 31.7. The Kier molecular flexibility index (Phi) is 12.4. The third kappa shape index (κ3) is 9.28. The molecule has 1 fully saturated rings. The summed E-state index contributed by atoms with van der Waals surface area (Å²) in [7, 11) is 0. The lowest BCUT2D eigenvalue weighted by Crippen LogP contribution is -2.52. The molecule has 0 saturated carbocycles. The van der Waals surface area contributed by atoms with Crippen LogP contribution in [0.1, 0.15) is 52.3 Å². The summed E-state index contributed by atoms with van der Waals surface area (Å²) < 4.78 is 12.5. The molecular formula is C42H43ClN6O6. The average Bonchev–Trinajstić information content (AvgIpc) is 3.60. The number of aliphatic carboxylic acids is 1. The Hall–Kier alpha value is -5.42. The van der Waals surface area contributed by atoms with Gasteiger partial charge in [0.15, 0.2) is 5.82 Å². The van der Waals surface area contributed by atoms with Gasteiger partial charge in [0.1, 0.15) is 36.3 Å². The maximum atomic E-state index is 11.8. The highest BCUT2D eigenvalue weighted by Gasteiger charge is 2.32. The summed E-state index contributed by atoms with van der Waals surface area (Å²) in [5.74, 6) is 0.173. The Morgan fingerprint density at radius 2 is 1.67 bits per heavy atom. The highest BCUT2D eigenvalue weighted by molar-refractivity contribution is 6.32. The number of halogens is 1. The number of nitrogens with zero attached hydrogens (tertiary/aromatic N) is 5. The number of benzene rings is 3. The molecular weight excluding hydrogens is 720 g/mol. The minimum Gasteiger partial charge on any atom is -0.488 e. The summed E-state index contributed by atoms with van der Waals surface area (Å²) in [5, 5.41) is 41.8. The standard InChI is InChI=1S/C42H43ClN6O6/c1-26-31(6-4-7-34(26)35-8-5-9-36(27(35)2)40-46-18-30(19-47-40)21-49-11-10-33(51)22-49)24-55-39-14-38(54-23-29-12-28(15-44)16-45-17-29)32(13-37(39)43)20-48-42(3,25-50)41(52)53/h4-9,12-14,16-19,33,48,50-51H,10-11,20-25H2,1-3H3,(H,52,53)/t33-,42+/m1/s1. The van der Waals surface area contributed by atoms with Crippen LogP contribution in [0.2, 0.25) is 5.02 Å². The molecule has 2 atom stereocenters. The Morgan fingerprint density at radius 3 is 2.36 bits per heavy atom. The molecule has 0 aliphatic carbocycles. The fourth-order valence-electron chi connectivity index (χ4n) is 6.48. The number of aliphatic hydroxyl groups is 2. The van der Waals surface area contributed by atoms with Crippen molar-refractivity contribution in [2.24, 2.45) is 0 Å². The Balaban J connectivity index is 1.22. The van der Waals surface area contributed by atoms with Gasteiger partial charge in [-0.25, -0.2) is 9.97 Å². The number of aromatic nitrogens is 3. The summed E-state index contributed by atoms with van der Waals surface area (Å²) in [6, 6.07) is 19.2. The SMILES string of the molecule is Cc1c(COc2cc(OCc3cncc(C#N)c3)c(CN[C@@](C)(CO)C(=O)O)cc2Cl)cccc1-c1cccc(-c2ncc(CN3CC[C@@H](O)C3)cn2)c1C. The molecule has 2 aromatic heterocycles. The quantitative estimate of drug-likeness (QED) is 0.0982. The number of aliphatic hydroxyl groups excluding tert-OH is 2. The normalized spacial score (nSPS) is 15.3. The van der Waals surface area contributed by atoms with Crippen LogP contribution in [-0.2, 0) is 31.1 Å². The van der Waals surface area contributed by atoms with Crippen molar-refractivity contribution in [3.8, 4) is 40.1 Å². The summed E-state index contributed by atoms with van der Waals surface area (Å²) in [4.78, 5) is 27.5. The van der Waals surface area contributed by atoms with E-state index in [4.69, 9.17) is 31.0 Å². The lowest BCUT2D eigenvalue weighted by atomic mass is 9.91. The fraction of sp³-hybridized carbons (Fsp3) is 0.310. The second-order valence-corrected chi connectivity index (χ2v) is 14.4. The Morgan fingerprint density at radius 1 is 0.964 bits per heavy atom. The molecule has 0 unspecified atom stereocenters. The molecule has 1 saturated heterocycles. The molecule has 0 spiro atoms. The topological polar surface area (TPSA) is 174 Å².